The Kier molecular flexibility index (Phi) is 4.40. The first kappa shape index (κ1) is 13.4. The standard InChI is InChI=1S/C13H18N2O2/c1-3-7-13(2,12(14)17)10(9-16)11-6-4-5-8-15-11/h3-6,8,10,16H,1,7,9H2,2H3,(H2,14,17)/t10-,13?/m0/s1. The van der Waals surface area contributed by atoms with Gasteiger partial charge in [-0.05, 0) is 25.5 Å². The second-order valence-corrected chi connectivity index (χ2v) is 4.26. The molecule has 0 saturated carbocycles. The summed E-state index contributed by atoms with van der Waals surface area (Å²) in [6, 6.07) is 5.39. The minimum absolute atomic E-state index is 0.176. The smallest absolute Gasteiger partial charge is 0.224 e. The van der Waals surface area contributed by atoms with E-state index in [0.717, 1.165) is 0 Å². The zero-order valence-electron chi connectivity index (χ0n) is 9.97. The Balaban J connectivity index is 3.15. The van der Waals surface area contributed by atoms with Gasteiger partial charge in [0.2, 0.25) is 5.91 Å². The van der Waals surface area contributed by atoms with Gasteiger partial charge in [0.05, 0.1) is 12.0 Å². The lowest BCUT2D eigenvalue weighted by Crippen LogP contribution is -2.41. The van der Waals surface area contributed by atoms with Gasteiger partial charge in [0.1, 0.15) is 0 Å². The average molecular weight is 234 g/mol. The highest BCUT2D eigenvalue weighted by molar-refractivity contribution is 5.81. The lowest BCUT2D eigenvalue weighted by Gasteiger charge is -2.32. The van der Waals surface area contributed by atoms with Gasteiger partial charge in [0.15, 0.2) is 0 Å². The summed E-state index contributed by atoms with van der Waals surface area (Å²) in [5, 5.41) is 9.51. The number of rotatable bonds is 6. The number of aliphatic hydroxyl groups is 1. The normalized spacial score (nSPS) is 15.9. The van der Waals surface area contributed by atoms with Crippen LogP contribution in [0.2, 0.25) is 0 Å². The maximum Gasteiger partial charge on any atom is 0.224 e. The third kappa shape index (κ3) is 2.71. The van der Waals surface area contributed by atoms with Crippen molar-refractivity contribution in [1.82, 2.24) is 4.98 Å². The van der Waals surface area contributed by atoms with E-state index in [2.05, 4.69) is 11.6 Å². The molecule has 1 aromatic rings. The van der Waals surface area contributed by atoms with Crippen LogP contribution in [0, 0.1) is 5.41 Å². The Bertz CT molecular complexity index is 392. The van der Waals surface area contributed by atoms with E-state index in [1.165, 1.54) is 0 Å². The highest BCUT2D eigenvalue weighted by atomic mass is 16.3. The van der Waals surface area contributed by atoms with Gasteiger partial charge in [-0.15, -0.1) is 6.58 Å². The largest absolute Gasteiger partial charge is 0.396 e. The summed E-state index contributed by atoms with van der Waals surface area (Å²) in [7, 11) is 0. The number of allylic oxidation sites excluding steroid dienone is 1. The molecule has 3 N–H and O–H groups in total. The number of carbonyl (C=O) groups excluding carboxylic acids is 1. The molecule has 1 rings (SSSR count). The van der Waals surface area contributed by atoms with E-state index in [9.17, 15) is 9.90 Å². The SMILES string of the molecule is C=CCC(C)(C(N)=O)[C@@H](CO)c1ccccn1. The monoisotopic (exact) mass is 234 g/mol. The first-order valence-electron chi connectivity index (χ1n) is 5.49. The molecule has 17 heavy (non-hydrogen) atoms. The molecule has 4 nitrogen and oxygen atoms in total. The summed E-state index contributed by atoms with van der Waals surface area (Å²) < 4.78 is 0. The highest BCUT2D eigenvalue weighted by Gasteiger charge is 2.40. The van der Waals surface area contributed by atoms with Crippen molar-refractivity contribution in [3.63, 3.8) is 0 Å². The lowest BCUT2D eigenvalue weighted by molar-refractivity contribution is -0.128. The van der Waals surface area contributed by atoms with Crippen LogP contribution in [-0.4, -0.2) is 22.6 Å². The van der Waals surface area contributed by atoms with E-state index in [4.69, 9.17) is 5.73 Å². The molecular weight excluding hydrogens is 216 g/mol. The van der Waals surface area contributed by atoms with E-state index >= 15 is 0 Å². The van der Waals surface area contributed by atoms with E-state index in [1.807, 2.05) is 6.07 Å². The molecule has 0 bridgehead atoms. The number of aromatic nitrogens is 1. The fourth-order valence-corrected chi connectivity index (χ4v) is 1.92. The van der Waals surface area contributed by atoms with E-state index in [1.54, 1.807) is 31.3 Å². The molecule has 1 unspecified atom stereocenters. The van der Waals surface area contributed by atoms with Crippen molar-refractivity contribution in [3.8, 4) is 0 Å². The zero-order valence-corrected chi connectivity index (χ0v) is 9.97. The Morgan fingerprint density at radius 1 is 1.71 bits per heavy atom. The molecule has 1 aromatic heterocycles. The molecule has 0 fully saturated rings. The molecule has 0 aliphatic heterocycles. The molecule has 0 saturated heterocycles. The Morgan fingerprint density at radius 2 is 2.41 bits per heavy atom. The van der Waals surface area contributed by atoms with Crippen molar-refractivity contribution in [3.05, 3.63) is 42.7 Å². The topological polar surface area (TPSA) is 76.2 Å². The van der Waals surface area contributed by atoms with Crippen LogP contribution < -0.4 is 5.73 Å². The van der Waals surface area contributed by atoms with Crippen LogP contribution in [0.25, 0.3) is 0 Å². The predicted octanol–water partition coefficient (Wildman–Crippen LogP) is 1.23. The third-order valence-corrected chi connectivity index (χ3v) is 3.13. The number of aliphatic hydroxyl groups excluding tert-OH is 1. The molecule has 0 spiro atoms. The number of hydrogen-bond donors (Lipinski definition) is 2. The van der Waals surface area contributed by atoms with Crippen molar-refractivity contribution >= 4 is 5.91 Å². The van der Waals surface area contributed by atoms with Gasteiger partial charge < -0.3 is 10.8 Å². The number of pyridine rings is 1. The molecule has 2 atom stereocenters. The van der Waals surface area contributed by atoms with Crippen LogP contribution in [-0.2, 0) is 4.79 Å². The van der Waals surface area contributed by atoms with Gasteiger partial charge in [-0.1, -0.05) is 12.1 Å². The number of carbonyl (C=O) groups is 1. The van der Waals surface area contributed by atoms with Gasteiger partial charge >= 0.3 is 0 Å². The first-order valence-corrected chi connectivity index (χ1v) is 5.49. The zero-order chi connectivity index (χ0) is 12.9. The van der Waals surface area contributed by atoms with Crippen LogP contribution >= 0.6 is 0 Å². The van der Waals surface area contributed by atoms with E-state index in [0.29, 0.717) is 12.1 Å². The molecule has 0 aromatic carbocycles. The Morgan fingerprint density at radius 3 is 2.82 bits per heavy atom. The van der Waals surface area contributed by atoms with Crippen LogP contribution in [0.4, 0.5) is 0 Å². The van der Waals surface area contributed by atoms with Gasteiger partial charge in [0.25, 0.3) is 0 Å². The van der Waals surface area contributed by atoms with Crippen molar-refractivity contribution in [2.24, 2.45) is 11.1 Å². The van der Waals surface area contributed by atoms with Gasteiger partial charge in [-0.2, -0.15) is 0 Å². The average Bonchev–Trinajstić information content (AvgIpc) is 2.31. The van der Waals surface area contributed by atoms with Crippen LogP contribution in [0.5, 0.6) is 0 Å². The first-order chi connectivity index (χ1) is 8.06. The minimum Gasteiger partial charge on any atom is -0.396 e. The fraction of sp³-hybridized carbons (Fsp3) is 0.385. The van der Waals surface area contributed by atoms with Crippen LogP contribution in [0.1, 0.15) is 25.0 Å². The van der Waals surface area contributed by atoms with E-state index < -0.39 is 17.2 Å². The molecule has 0 radical (unpaired) electrons. The van der Waals surface area contributed by atoms with Crippen LogP contribution in [0.15, 0.2) is 37.1 Å². The fourth-order valence-electron chi connectivity index (χ4n) is 1.92. The predicted molar refractivity (Wildman–Crippen MR) is 66.2 cm³/mol. The molecule has 1 heterocycles. The van der Waals surface area contributed by atoms with Crippen molar-refractivity contribution in [1.29, 1.82) is 0 Å². The summed E-state index contributed by atoms with van der Waals surface area (Å²) in [6.45, 7) is 5.18. The lowest BCUT2D eigenvalue weighted by atomic mass is 9.72. The summed E-state index contributed by atoms with van der Waals surface area (Å²) >= 11 is 0. The number of hydrogen-bond acceptors (Lipinski definition) is 3. The van der Waals surface area contributed by atoms with Crippen molar-refractivity contribution in [2.75, 3.05) is 6.61 Å². The molecule has 0 aliphatic carbocycles. The third-order valence-electron chi connectivity index (χ3n) is 3.13. The van der Waals surface area contributed by atoms with Crippen molar-refractivity contribution in [2.45, 2.75) is 19.3 Å². The molecule has 0 aliphatic rings. The second kappa shape index (κ2) is 5.59. The Hall–Kier alpha value is -1.68. The second-order valence-electron chi connectivity index (χ2n) is 4.26. The summed E-state index contributed by atoms with van der Waals surface area (Å²) in [4.78, 5) is 15.8. The number of primary amides is 1. The molecule has 1 amide bonds. The van der Waals surface area contributed by atoms with Gasteiger partial charge in [0, 0.05) is 17.8 Å². The summed E-state index contributed by atoms with van der Waals surface area (Å²) in [5.74, 6) is -0.874. The molecular formula is C13H18N2O2. The van der Waals surface area contributed by atoms with Gasteiger partial charge in [-0.25, -0.2) is 0 Å². The highest BCUT2D eigenvalue weighted by Crippen LogP contribution is 2.37. The number of amides is 1. The number of nitrogens with zero attached hydrogens (tertiary/aromatic N) is 1. The number of nitrogens with two attached hydrogens (primary N) is 1. The minimum atomic E-state index is -0.870. The quantitative estimate of drug-likeness (QED) is 0.727. The Labute approximate surface area is 101 Å². The summed E-state index contributed by atoms with van der Waals surface area (Å²) in [5.41, 5.74) is 5.24. The summed E-state index contributed by atoms with van der Waals surface area (Å²) in [6.07, 6.45) is 3.67. The maximum absolute atomic E-state index is 11.6. The van der Waals surface area contributed by atoms with Crippen LogP contribution in [0.3, 0.4) is 0 Å². The maximum atomic E-state index is 11.6. The molecule has 4 heteroatoms. The van der Waals surface area contributed by atoms with Gasteiger partial charge in [-0.3, -0.25) is 9.78 Å². The van der Waals surface area contributed by atoms with E-state index in [-0.39, 0.29) is 6.61 Å². The van der Waals surface area contributed by atoms with Crippen molar-refractivity contribution < 1.29 is 9.90 Å². The molecule has 92 valence electrons.